The van der Waals surface area contributed by atoms with Gasteiger partial charge in [-0.3, -0.25) is 9.59 Å². The minimum atomic E-state index is -0.280. The molecule has 0 aliphatic carbocycles. The molecule has 1 atom stereocenters. The maximum Gasteiger partial charge on any atom is 0.319 e. The molecule has 1 fully saturated rings. The third-order valence-electron chi connectivity index (χ3n) is 3.35. The van der Waals surface area contributed by atoms with Gasteiger partial charge in [-0.05, 0) is 11.4 Å². The number of nitrogens with one attached hydrogen (secondary N) is 1. The summed E-state index contributed by atoms with van der Waals surface area (Å²) >= 11 is 4.30. The fraction of sp³-hybridized carbons (Fsp3) is 0.214. The van der Waals surface area contributed by atoms with Gasteiger partial charge in [0.2, 0.25) is 0 Å². The van der Waals surface area contributed by atoms with Crippen molar-refractivity contribution in [1.82, 2.24) is 9.97 Å². The summed E-state index contributed by atoms with van der Waals surface area (Å²) < 4.78 is 4.93. The van der Waals surface area contributed by atoms with Gasteiger partial charge < -0.3 is 9.72 Å². The number of hydrogen-bond donors (Lipinski definition) is 1. The van der Waals surface area contributed by atoms with Crippen molar-refractivity contribution in [2.24, 2.45) is 0 Å². The van der Waals surface area contributed by atoms with E-state index in [9.17, 15) is 9.59 Å². The summed E-state index contributed by atoms with van der Waals surface area (Å²) in [6.45, 7) is 0.435. The number of thioether (sulfide) groups is 1. The van der Waals surface area contributed by atoms with Crippen LogP contribution < -0.4 is 5.56 Å². The molecule has 1 N–H and O–H groups in total. The molecule has 112 valence electrons. The first kappa shape index (κ1) is 14.0. The summed E-state index contributed by atoms with van der Waals surface area (Å²) in [5, 5.41) is 4.75. The summed E-state index contributed by atoms with van der Waals surface area (Å²) in [4.78, 5) is 33.0. The highest BCUT2D eigenvalue weighted by atomic mass is 32.2. The number of hydrogen-bond acceptors (Lipinski definition) is 7. The van der Waals surface area contributed by atoms with Gasteiger partial charge >= 0.3 is 5.97 Å². The number of thiophene rings is 2. The Balaban J connectivity index is 1.75. The minimum absolute atomic E-state index is 0.163. The van der Waals surface area contributed by atoms with Crippen LogP contribution in [0.2, 0.25) is 0 Å². The number of ether oxygens (including phenoxy) is 1. The van der Waals surface area contributed by atoms with Gasteiger partial charge in [0.1, 0.15) is 10.1 Å². The summed E-state index contributed by atoms with van der Waals surface area (Å²) in [6.07, 6.45) is 0.649. The molecule has 1 aliphatic rings. The number of aromatic nitrogens is 2. The van der Waals surface area contributed by atoms with Crippen molar-refractivity contribution >= 4 is 50.6 Å². The Morgan fingerprint density at radius 1 is 1.36 bits per heavy atom. The predicted octanol–water partition coefficient (Wildman–Crippen LogP) is 3.12. The number of esters is 1. The van der Waals surface area contributed by atoms with E-state index in [0.29, 0.717) is 28.4 Å². The topological polar surface area (TPSA) is 72.0 Å². The molecule has 0 bridgehead atoms. The number of rotatable bonds is 3. The van der Waals surface area contributed by atoms with Gasteiger partial charge in [0.25, 0.3) is 5.56 Å². The van der Waals surface area contributed by atoms with Crippen molar-refractivity contribution in [2.75, 3.05) is 6.61 Å². The second kappa shape index (κ2) is 5.53. The van der Waals surface area contributed by atoms with Crippen molar-refractivity contribution in [2.45, 2.75) is 16.8 Å². The lowest BCUT2D eigenvalue weighted by Crippen LogP contribution is -2.13. The molecule has 3 aromatic rings. The third kappa shape index (κ3) is 2.37. The molecule has 0 unspecified atom stereocenters. The smallest absolute Gasteiger partial charge is 0.319 e. The maximum absolute atomic E-state index is 12.4. The van der Waals surface area contributed by atoms with Crippen molar-refractivity contribution in [3.05, 3.63) is 33.2 Å². The Labute approximate surface area is 137 Å². The molecule has 0 amide bonds. The number of cyclic esters (lactones) is 1. The molecule has 0 radical (unpaired) electrons. The lowest BCUT2D eigenvalue weighted by Gasteiger charge is -2.04. The number of carbonyl (C=O) groups is 1. The molecule has 0 spiro atoms. The van der Waals surface area contributed by atoms with Crippen LogP contribution in [-0.2, 0) is 9.53 Å². The van der Waals surface area contributed by atoms with Crippen LogP contribution in [0.25, 0.3) is 20.7 Å². The third-order valence-corrected chi connectivity index (χ3v) is 6.25. The van der Waals surface area contributed by atoms with Crippen LogP contribution in [-0.4, -0.2) is 27.8 Å². The average molecular weight is 350 g/mol. The predicted molar refractivity (Wildman–Crippen MR) is 88.8 cm³/mol. The quantitative estimate of drug-likeness (QED) is 0.580. The van der Waals surface area contributed by atoms with E-state index >= 15 is 0 Å². The molecular weight excluding hydrogens is 340 g/mol. The van der Waals surface area contributed by atoms with Gasteiger partial charge in [0, 0.05) is 22.2 Å². The first-order chi connectivity index (χ1) is 10.7. The van der Waals surface area contributed by atoms with Gasteiger partial charge in [-0.1, -0.05) is 17.8 Å². The van der Waals surface area contributed by atoms with E-state index in [-0.39, 0.29) is 16.8 Å². The molecule has 4 rings (SSSR count). The van der Waals surface area contributed by atoms with E-state index in [1.807, 2.05) is 22.9 Å². The molecule has 1 saturated heterocycles. The Morgan fingerprint density at radius 3 is 3.00 bits per heavy atom. The Kier molecular flexibility index (Phi) is 3.51. The van der Waals surface area contributed by atoms with E-state index in [2.05, 4.69) is 9.97 Å². The molecule has 5 nitrogen and oxygen atoms in total. The average Bonchev–Trinajstić information content (AvgIpc) is 3.20. The minimum Gasteiger partial charge on any atom is -0.465 e. The normalized spacial score (nSPS) is 18.0. The number of H-pyrrole nitrogens is 1. The van der Waals surface area contributed by atoms with Crippen LogP contribution in [0.4, 0.5) is 0 Å². The summed E-state index contributed by atoms with van der Waals surface area (Å²) in [6, 6.07) is 3.95. The molecule has 1 aliphatic heterocycles. The van der Waals surface area contributed by atoms with Crippen molar-refractivity contribution in [1.29, 1.82) is 0 Å². The van der Waals surface area contributed by atoms with E-state index in [1.54, 1.807) is 11.3 Å². The van der Waals surface area contributed by atoms with E-state index < -0.39 is 0 Å². The molecule has 0 saturated carbocycles. The van der Waals surface area contributed by atoms with Crippen molar-refractivity contribution in [3.63, 3.8) is 0 Å². The zero-order valence-electron chi connectivity index (χ0n) is 11.2. The standard InChI is InChI=1S/C14H10N2O3S3/c17-11-10-7(8-2-1-5-20-8)6-21-12(10)16-14(15-11)22-9-3-4-19-13(9)18/h1-2,5-6,9H,3-4H2,(H,15,16,17)/t9-/m1/s1. The first-order valence-corrected chi connectivity index (χ1v) is 9.25. The number of carbonyl (C=O) groups excluding carboxylic acids is 1. The number of nitrogens with zero attached hydrogens (tertiary/aromatic N) is 1. The fourth-order valence-electron chi connectivity index (χ4n) is 2.32. The van der Waals surface area contributed by atoms with E-state index in [1.165, 1.54) is 23.1 Å². The van der Waals surface area contributed by atoms with E-state index in [0.717, 1.165) is 10.4 Å². The van der Waals surface area contributed by atoms with Gasteiger partial charge in [0.05, 0.1) is 12.0 Å². The summed E-state index contributed by atoms with van der Waals surface area (Å²) in [7, 11) is 0. The van der Waals surface area contributed by atoms with Gasteiger partial charge in [-0.15, -0.1) is 22.7 Å². The van der Waals surface area contributed by atoms with Gasteiger partial charge in [0.15, 0.2) is 5.16 Å². The van der Waals surface area contributed by atoms with E-state index in [4.69, 9.17) is 4.74 Å². The second-order valence-electron chi connectivity index (χ2n) is 4.74. The highest BCUT2D eigenvalue weighted by molar-refractivity contribution is 8.00. The SMILES string of the molecule is O=C1OCC[C@H]1Sc1nc2scc(-c3cccs3)c2c(=O)[nH]1. The first-order valence-electron chi connectivity index (χ1n) is 6.61. The zero-order chi connectivity index (χ0) is 15.1. The van der Waals surface area contributed by atoms with Crippen molar-refractivity contribution < 1.29 is 9.53 Å². The molecule has 8 heteroatoms. The molecule has 22 heavy (non-hydrogen) atoms. The lowest BCUT2D eigenvalue weighted by atomic mass is 10.2. The molecule has 4 heterocycles. The maximum atomic E-state index is 12.4. The highest BCUT2D eigenvalue weighted by Gasteiger charge is 2.28. The monoisotopic (exact) mass is 350 g/mol. The second-order valence-corrected chi connectivity index (χ2v) is 7.74. The highest BCUT2D eigenvalue weighted by Crippen LogP contribution is 2.35. The Hall–Kier alpha value is -1.64. The van der Waals surface area contributed by atoms with Gasteiger partial charge in [-0.25, -0.2) is 4.98 Å². The summed E-state index contributed by atoms with van der Waals surface area (Å²) in [5.41, 5.74) is 0.754. The van der Waals surface area contributed by atoms with Crippen LogP contribution >= 0.6 is 34.4 Å². The largest absolute Gasteiger partial charge is 0.465 e. The Bertz CT molecular complexity index is 898. The molecular formula is C14H10N2O3S3. The van der Waals surface area contributed by atoms with Crippen LogP contribution in [0.5, 0.6) is 0 Å². The molecule has 3 aromatic heterocycles. The van der Waals surface area contributed by atoms with Crippen molar-refractivity contribution in [3.8, 4) is 10.4 Å². The summed E-state index contributed by atoms with van der Waals surface area (Å²) in [5.74, 6) is -0.238. The number of aromatic amines is 1. The van der Waals surface area contributed by atoms with Crippen LogP contribution in [0.3, 0.4) is 0 Å². The lowest BCUT2D eigenvalue weighted by molar-refractivity contribution is -0.137. The van der Waals surface area contributed by atoms with Crippen LogP contribution in [0, 0.1) is 0 Å². The number of fused-ring (bicyclic) bond motifs is 1. The Morgan fingerprint density at radius 2 is 2.27 bits per heavy atom. The van der Waals surface area contributed by atoms with Crippen LogP contribution in [0.1, 0.15) is 6.42 Å². The fourth-order valence-corrected chi connectivity index (χ4v) is 5.08. The molecule has 0 aromatic carbocycles. The zero-order valence-corrected chi connectivity index (χ0v) is 13.6. The van der Waals surface area contributed by atoms with Gasteiger partial charge in [-0.2, -0.15) is 0 Å². The van der Waals surface area contributed by atoms with Crippen LogP contribution in [0.15, 0.2) is 32.8 Å².